The maximum Gasteiger partial charge on any atom is 0.331 e. The molecule has 0 heterocycles. The SMILES string of the molecule is C/C(=C/C(=O)NN(C)C)C(=O)O. The number of hydrogen-bond donors (Lipinski definition) is 2. The van der Waals surface area contributed by atoms with E-state index < -0.39 is 11.9 Å². The number of carboxylic acids is 1. The first-order chi connectivity index (χ1) is 5.43. The molecule has 5 nitrogen and oxygen atoms in total. The van der Waals surface area contributed by atoms with Gasteiger partial charge in [-0.1, -0.05) is 0 Å². The van der Waals surface area contributed by atoms with E-state index in [1.165, 1.54) is 11.9 Å². The molecule has 0 saturated carbocycles. The second-order valence-electron chi connectivity index (χ2n) is 2.50. The summed E-state index contributed by atoms with van der Waals surface area (Å²) in [5, 5.41) is 9.84. The van der Waals surface area contributed by atoms with E-state index in [1.54, 1.807) is 14.1 Å². The van der Waals surface area contributed by atoms with Crippen LogP contribution in [0.1, 0.15) is 6.92 Å². The first-order valence-electron chi connectivity index (χ1n) is 3.33. The van der Waals surface area contributed by atoms with Crippen molar-refractivity contribution in [1.29, 1.82) is 0 Å². The molecule has 0 aliphatic heterocycles. The van der Waals surface area contributed by atoms with E-state index in [4.69, 9.17) is 5.11 Å². The molecule has 0 spiro atoms. The number of carbonyl (C=O) groups is 2. The first kappa shape index (κ1) is 10.6. The molecular formula is C7H12N2O3. The van der Waals surface area contributed by atoms with Crippen molar-refractivity contribution in [3.05, 3.63) is 11.6 Å². The highest BCUT2D eigenvalue weighted by Crippen LogP contribution is 1.90. The highest BCUT2D eigenvalue weighted by molar-refractivity contribution is 5.96. The maximum absolute atomic E-state index is 10.9. The maximum atomic E-state index is 10.9. The zero-order chi connectivity index (χ0) is 9.72. The number of aliphatic carboxylic acids is 1. The normalized spacial score (nSPS) is 11.5. The number of rotatable bonds is 3. The van der Waals surface area contributed by atoms with Gasteiger partial charge in [-0.05, 0) is 6.92 Å². The molecule has 0 rings (SSSR count). The van der Waals surface area contributed by atoms with Gasteiger partial charge in [-0.3, -0.25) is 10.2 Å². The van der Waals surface area contributed by atoms with Crippen molar-refractivity contribution in [3.63, 3.8) is 0 Å². The highest BCUT2D eigenvalue weighted by Gasteiger charge is 2.03. The summed E-state index contributed by atoms with van der Waals surface area (Å²) >= 11 is 0. The molecule has 0 aliphatic rings. The Morgan fingerprint density at radius 2 is 1.92 bits per heavy atom. The van der Waals surface area contributed by atoms with Gasteiger partial charge >= 0.3 is 5.97 Å². The van der Waals surface area contributed by atoms with Crippen LogP contribution in [0.4, 0.5) is 0 Å². The average Bonchev–Trinajstić information content (AvgIpc) is 1.84. The van der Waals surface area contributed by atoms with Gasteiger partial charge in [0.2, 0.25) is 0 Å². The minimum absolute atomic E-state index is 0.00866. The smallest absolute Gasteiger partial charge is 0.331 e. The molecule has 0 aromatic rings. The van der Waals surface area contributed by atoms with E-state index in [0.717, 1.165) is 6.08 Å². The zero-order valence-electron chi connectivity index (χ0n) is 7.29. The number of hydrazine groups is 1. The Balaban J connectivity index is 4.15. The Morgan fingerprint density at radius 3 is 2.25 bits per heavy atom. The van der Waals surface area contributed by atoms with Crippen LogP contribution in [0, 0.1) is 0 Å². The van der Waals surface area contributed by atoms with Crippen LogP contribution in [-0.4, -0.2) is 36.1 Å². The Bertz CT molecular complexity index is 221. The van der Waals surface area contributed by atoms with Gasteiger partial charge in [0.25, 0.3) is 5.91 Å². The fraction of sp³-hybridized carbons (Fsp3) is 0.429. The number of nitrogens with one attached hydrogen (secondary N) is 1. The van der Waals surface area contributed by atoms with Crippen molar-refractivity contribution in [3.8, 4) is 0 Å². The van der Waals surface area contributed by atoms with Gasteiger partial charge in [-0.15, -0.1) is 0 Å². The molecule has 0 bridgehead atoms. The van der Waals surface area contributed by atoms with Crippen LogP contribution in [0.3, 0.4) is 0 Å². The van der Waals surface area contributed by atoms with Crippen LogP contribution in [-0.2, 0) is 9.59 Å². The van der Waals surface area contributed by atoms with Gasteiger partial charge in [-0.25, -0.2) is 9.80 Å². The lowest BCUT2D eigenvalue weighted by Crippen LogP contribution is -2.35. The summed E-state index contributed by atoms with van der Waals surface area (Å²) in [6.07, 6.45) is 1.03. The van der Waals surface area contributed by atoms with Crippen LogP contribution < -0.4 is 5.43 Å². The van der Waals surface area contributed by atoms with Crippen molar-refractivity contribution >= 4 is 11.9 Å². The van der Waals surface area contributed by atoms with Gasteiger partial charge in [0, 0.05) is 25.7 Å². The standard InChI is InChI=1S/C7H12N2O3/c1-5(7(11)12)4-6(10)8-9(2)3/h4H,1-3H3,(H,8,10)(H,11,12)/b5-4-. The minimum Gasteiger partial charge on any atom is -0.478 e. The third-order valence-electron chi connectivity index (χ3n) is 1.02. The second-order valence-corrected chi connectivity index (χ2v) is 2.50. The fourth-order valence-electron chi connectivity index (χ4n) is 0.511. The van der Waals surface area contributed by atoms with E-state index in [1.807, 2.05) is 0 Å². The number of carboxylic acid groups (broad SMARTS) is 1. The lowest BCUT2D eigenvalue weighted by atomic mass is 10.3. The summed E-state index contributed by atoms with van der Waals surface area (Å²) in [5.41, 5.74) is 2.39. The lowest BCUT2D eigenvalue weighted by molar-refractivity contribution is -0.133. The molecule has 2 N–H and O–H groups in total. The van der Waals surface area contributed by atoms with Gasteiger partial charge in [0.15, 0.2) is 0 Å². The molecule has 0 aromatic heterocycles. The predicted molar refractivity (Wildman–Crippen MR) is 43.2 cm³/mol. The molecule has 0 atom stereocenters. The van der Waals surface area contributed by atoms with Crippen LogP contribution in [0.2, 0.25) is 0 Å². The van der Waals surface area contributed by atoms with E-state index in [2.05, 4.69) is 5.43 Å². The quantitative estimate of drug-likeness (QED) is 0.449. The molecule has 1 amide bonds. The van der Waals surface area contributed by atoms with E-state index in [0.29, 0.717) is 0 Å². The highest BCUT2D eigenvalue weighted by atomic mass is 16.4. The third kappa shape index (κ3) is 4.45. The Kier molecular flexibility index (Phi) is 3.99. The van der Waals surface area contributed by atoms with E-state index in [9.17, 15) is 9.59 Å². The molecule has 12 heavy (non-hydrogen) atoms. The van der Waals surface area contributed by atoms with Gasteiger partial charge in [0.1, 0.15) is 0 Å². The van der Waals surface area contributed by atoms with Crippen molar-refractivity contribution in [1.82, 2.24) is 10.4 Å². The lowest BCUT2D eigenvalue weighted by Gasteiger charge is -2.09. The molecule has 68 valence electrons. The largest absolute Gasteiger partial charge is 0.478 e. The first-order valence-corrected chi connectivity index (χ1v) is 3.33. The van der Waals surface area contributed by atoms with Gasteiger partial charge in [-0.2, -0.15) is 0 Å². The fourth-order valence-corrected chi connectivity index (χ4v) is 0.511. The number of amides is 1. The molecule has 0 aliphatic carbocycles. The summed E-state index contributed by atoms with van der Waals surface area (Å²) in [6, 6.07) is 0. The van der Waals surface area contributed by atoms with Gasteiger partial charge < -0.3 is 5.11 Å². The molecule has 5 heteroatoms. The Hall–Kier alpha value is -1.36. The number of hydrogen-bond acceptors (Lipinski definition) is 3. The zero-order valence-corrected chi connectivity index (χ0v) is 7.29. The predicted octanol–water partition coefficient (Wildman–Crippen LogP) is -0.390. The summed E-state index contributed by atoms with van der Waals surface area (Å²) in [4.78, 5) is 21.1. The topological polar surface area (TPSA) is 69.6 Å². The van der Waals surface area contributed by atoms with Crippen molar-refractivity contribution < 1.29 is 14.7 Å². The van der Waals surface area contributed by atoms with Crippen LogP contribution in [0.25, 0.3) is 0 Å². The molecule has 0 saturated heterocycles. The molecule has 0 radical (unpaired) electrons. The Labute approximate surface area is 70.6 Å². The van der Waals surface area contributed by atoms with Crippen LogP contribution >= 0.6 is 0 Å². The van der Waals surface area contributed by atoms with Crippen LogP contribution in [0.15, 0.2) is 11.6 Å². The summed E-state index contributed by atoms with van der Waals surface area (Å²) in [6.45, 7) is 1.36. The summed E-state index contributed by atoms with van der Waals surface area (Å²) in [5.74, 6) is -1.54. The number of carbonyl (C=O) groups excluding carboxylic acids is 1. The molecule has 0 aromatic carbocycles. The van der Waals surface area contributed by atoms with Gasteiger partial charge in [0.05, 0.1) is 0 Å². The summed E-state index contributed by atoms with van der Waals surface area (Å²) < 4.78 is 0. The van der Waals surface area contributed by atoms with E-state index in [-0.39, 0.29) is 5.57 Å². The summed E-state index contributed by atoms with van der Waals surface area (Å²) in [7, 11) is 3.28. The molecule has 0 fully saturated rings. The third-order valence-corrected chi connectivity index (χ3v) is 1.02. The van der Waals surface area contributed by atoms with Crippen LogP contribution in [0.5, 0.6) is 0 Å². The second kappa shape index (κ2) is 4.50. The van der Waals surface area contributed by atoms with E-state index >= 15 is 0 Å². The molecule has 0 unspecified atom stereocenters. The Morgan fingerprint density at radius 1 is 1.42 bits per heavy atom. The van der Waals surface area contributed by atoms with Crippen molar-refractivity contribution in [2.45, 2.75) is 6.92 Å². The van der Waals surface area contributed by atoms with Crippen molar-refractivity contribution in [2.24, 2.45) is 0 Å². The average molecular weight is 172 g/mol. The minimum atomic E-state index is -1.09. The molecular weight excluding hydrogens is 160 g/mol. The monoisotopic (exact) mass is 172 g/mol. The number of nitrogens with zero attached hydrogens (tertiary/aromatic N) is 1. The van der Waals surface area contributed by atoms with Crippen molar-refractivity contribution in [2.75, 3.05) is 14.1 Å².